The first kappa shape index (κ1) is 9.47. The second-order valence-electron chi connectivity index (χ2n) is 2.03. The first-order valence-corrected chi connectivity index (χ1v) is 6.61. The van der Waals surface area contributed by atoms with Crippen molar-refractivity contribution in [3.05, 3.63) is 12.7 Å². The topological polar surface area (TPSA) is 0 Å². The van der Waals surface area contributed by atoms with Crippen LogP contribution in [-0.4, -0.2) is 8.86 Å². The lowest BCUT2D eigenvalue weighted by atomic mass is 10.3. The summed E-state index contributed by atoms with van der Waals surface area (Å²) in [6, 6.07) is 0. The Labute approximate surface area is 69.0 Å². The van der Waals surface area contributed by atoms with Crippen LogP contribution in [0.4, 0.5) is 0 Å². The summed E-state index contributed by atoms with van der Waals surface area (Å²) < 4.78 is 2.81. The number of halogens is 1. The third kappa shape index (κ3) is 8.47. The van der Waals surface area contributed by atoms with E-state index < -0.39 is 0 Å². The Kier molecular flexibility index (Phi) is 8.91. The van der Waals surface area contributed by atoms with E-state index in [0.29, 0.717) is 21.2 Å². The summed E-state index contributed by atoms with van der Waals surface area (Å²) >= 11 is 0.494. The van der Waals surface area contributed by atoms with Gasteiger partial charge < -0.3 is 0 Å². The molecule has 0 radical (unpaired) electrons. The molecular weight excluding hydrogens is 223 g/mol. The van der Waals surface area contributed by atoms with Gasteiger partial charge in [-0.3, -0.25) is 0 Å². The highest BCUT2D eigenvalue weighted by Crippen LogP contribution is 1.87. The lowest BCUT2D eigenvalue weighted by Crippen LogP contribution is -3.63. The Hall–Kier alpha value is 0.470. The molecule has 0 saturated carbocycles. The lowest BCUT2D eigenvalue weighted by molar-refractivity contribution is -0.646. The van der Waals surface area contributed by atoms with E-state index in [9.17, 15) is 0 Å². The predicted molar refractivity (Wildman–Crippen MR) is 39.5 cm³/mol. The molecule has 0 nitrogen and oxygen atoms in total. The van der Waals surface area contributed by atoms with Crippen LogP contribution >= 0.6 is 0 Å². The summed E-state index contributed by atoms with van der Waals surface area (Å²) in [5.74, 6) is 0. The minimum Gasteiger partial charge on any atom is -0.0989 e. The van der Waals surface area contributed by atoms with Crippen LogP contribution in [0, 0.1) is 0 Å². The number of alkyl halides is 2. The second kappa shape index (κ2) is 8.47. The van der Waals surface area contributed by atoms with Gasteiger partial charge in [-0.05, 0) is 18.9 Å². The maximum Gasteiger partial charge on any atom is 0.273 e. The van der Waals surface area contributed by atoms with E-state index in [4.69, 9.17) is 0 Å². The number of hydrogen-bond acceptors (Lipinski definition) is 0. The SMILES string of the molecule is C=CC[I+]CCCCC. The molecule has 0 aliphatic heterocycles. The second-order valence-corrected chi connectivity index (χ2v) is 5.07. The first-order valence-electron chi connectivity index (χ1n) is 3.56. The van der Waals surface area contributed by atoms with E-state index in [-0.39, 0.29) is 0 Å². The third-order valence-corrected chi connectivity index (χ3v) is 3.86. The molecule has 0 aromatic rings. The average Bonchev–Trinajstić information content (AvgIpc) is 1.89. The maximum atomic E-state index is 3.71. The van der Waals surface area contributed by atoms with Crippen LogP contribution in [0.1, 0.15) is 26.2 Å². The number of hydrogen-bond donors (Lipinski definition) is 0. The molecule has 0 rings (SSSR count). The normalized spacial score (nSPS) is 9.44. The highest BCUT2D eigenvalue weighted by Gasteiger charge is 2.00. The van der Waals surface area contributed by atoms with Crippen molar-refractivity contribution in [2.24, 2.45) is 0 Å². The van der Waals surface area contributed by atoms with Gasteiger partial charge in [0.15, 0.2) is 4.43 Å². The Balaban J connectivity index is 2.66. The number of unbranched alkanes of at least 4 members (excludes halogenated alkanes) is 2. The summed E-state index contributed by atoms with van der Waals surface area (Å²) in [6.07, 6.45) is 6.30. The molecule has 0 saturated heterocycles. The Bertz CT molecular complexity index is 59.6. The fraction of sp³-hybridized carbons (Fsp3) is 0.750. The van der Waals surface area contributed by atoms with Crippen molar-refractivity contribution in [2.75, 3.05) is 8.86 Å². The van der Waals surface area contributed by atoms with Crippen molar-refractivity contribution < 1.29 is 21.2 Å². The van der Waals surface area contributed by atoms with Gasteiger partial charge in [0.1, 0.15) is 4.43 Å². The first-order chi connectivity index (χ1) is 4.41. The Morgan fingerprint density at radius 3 is 2.78 bits per heavy atom. The van der Waals surface area contributed by atoms with Crippen LogP contribution in [-0.2, 0) is 0 Å². The van der Waals surface area contributed by atoms with Gasteiger partial charge in [0.05, 0.1) is 0 Å². The van der Waals surface area contributed by atoms with E-state index in [1.807, 2.05) is 0 Å². The summed E-state index contributed by atoms with van der Waals surface area (Å²) in [5.41, 5.74) is 0. The molecule has 54 valence electrons. The van der Waals surface area contributed by atoms with Crippen molar-refractivity contribution in [2.45, 2.75) is 26.2 Å². The Morgan fingerprint density at radius 1 is 1.44 bits per heavy atom. The van der Waals surface area contributed by atoms with Gasteiger partial charge >= 0.3 is 0 Å². The fourth-order valence-corrected chi connectivity index (χ4v) is 2.55. The van der Waals surface area contributed by atoms with Crippen LogP contribution in [0.15, 0.2) is 12.7 Å². The van der Waals surface area contributed by atoms with E-state index >= 15 is 0 Å². The van der Waals surface area contributed by atoms with E-state index in [2.05, 4.69) is 19.6 Å². The van der Waals surface area contributed by atoms with Crippen LogP contribution < -0.4 is 21.2 Å². The maximum absolute atomic E-state index is 3.71. The quantitative estimate of drug-likeness (QED) is 0.252. The van der Waals surface area contributed by atoms with Crippen molar-refractivity contribution in [1.29, 1.82) is 0 Å². The van der Waals surface area contributed by atoms with Crippen LogP contribution in [0.3, 0.4) is 0 Å². The summed E-state index contributed by atoms with van der Waals surface area (Å²) in [5, 5.41) is 0. The van der Waals surface area contributed by atoms with E-state index in [1.165, 1.54) is 28.1 Å². The van der Waals surface area contributed by atoms with Crippen molar-refractivity contribution >= 4 is 0 Å². The van der Waals surface area contributed by atoms with Gasteiger partial charge in [0, 0.05) is 0 Å². The van der Waals surface area contributed by atoms with Gasteiger partial charge in [0.25, 0.3) is 21.2 Å². The molecule has 0 aromatic heterocycles. The average molecular weight is 239 g/mol. The molecule has 0 spiro atoms. The highest BCUT2D eigenvalue weighted by molar-refractivity contribution is 4.61. The number of rotatable bonds is 6. The predicted octanol–water partition coefficient (Wildman–Crippen LogP) is -0.548. The zero-order valence-corrected chi connectivity index (χ0v) is 8.36. The van der Waals surface area contributed by atoms with Gasteiger partial charge in [-0.25, -0.2) is 0 Å². The van der Waals surface area contributed by atoms with Gasteiger partial charge in [-0.2, -0.15) is 0 Å². The zero-order chi connectivity index (χ0) is 6.95. The van der Waals surface area contributed by atoms with E-state index in [0.717, 1.165) is 0 Å². The molecular formula is C8H16I+. The minimum atomic E-state index is 0.494. The van der Waals surface area contributed by atoms with Crippen LogP contribution in [0.25, 0.3) is 0 Å². The molecule has 9 heavy (non-hydrogen) atoms. The van der Waals surface area contributed by atoms with Crippen molar-refractivity contribution in [1.82, 2.24) is 0 Å². The molecule has 0 amide bonds. The molecule has 0 atom stereocenters. The molecule has 0 aromatic carbocycles. The lowest BCUT2D eigenvalue weighted by Gasteiger charge is -1.84. The molecule has 0 fully saturated rings. The summed E-state index contributed by atoms with van der Waals surface area (Å²) in [7, 11) is 0. The summed E-state index contributed by atoms with van der Waals surface area (Å²) in [4.78, 5) is 0. The van der Waals surface area contributed by atoms with Crippen molar-refractivity contribution in [3.8, 4) is 0 Å². The molecule has 0 unspecified atom stereocenters. The molecule has 0 bridgehead atoms. The molecule has 0 aliphatic carbocycles. The monoisotopic (exact) mass is 239 g/mol. The number of allylic oxidation sites excluding steroid dienone is 1. The Morgan fingerprint density at radius 2 is 2.22 bits per heavy atom. The van der Waals surface area contributed by atoms with E-state index in [1.54, 1.807) is 0 Å². The van der Waals surface area contributed by atoms with Gasteiger partial charge in [0.2, 0.25) is 0 Å². The van der Waals surface area contributed by atoms with Gasteiger partial charge in [-0.1, -0.05) is 19.9 Å². The standard InChI is InChI=1S/C8H16I/c1-3-5-6-8-9-7-4-2/h4H,2-3,5-8H2,1H3/q+1. The van der Waals surface area contributed by atoms with Crippen LogP contribution in [0.2, 0.25) is 0 Å². The molecule has 0 N–H and O–H groups in total. The van der Waals surface area contributed by atoms with Crippen LogP contribution in [0.5, 0.6) is 0 Å². The molecule has 0 aliphatic rings. The largest absolute Gasteiger partial charge is 0.273 e. The zero-order valence-electron chi connectivity index (χ0n) is 6.20. The van der Waals surface area contributed by atoms with Crippen molar-refractivity contribution in [3.63, 3.8) is 0 Å². The molecule has 1 heteroatoms. The molecule has 0 heterocycles. The highest BCUT2D eigenvalue weighted by atomic mass is 127. The summed E-state index contributed by atoms with van der Waals surface area (Å²) in [6.45, 7) is 5.96. The van der Waals surface area contributed by atoms with Gasteiger partial charge in [-0.15, -0.1) is 0 Å². The third-order valence-electron chi connectivity index (χ3n) is 1.09. The fourth-order valence-electron chi connectivity index (χ4n) is 0.593. The smallest absolute Gasteiger partial charge is 0.0989 e. The minimum absolute atomic E-state index is 0.494.